The molecule has 3 nitrogen and oxygen atoms in total. The van der Waals surface area contributed by atoms with Crippen LogP contribution in [0, 0.1) is 0 Å². The molecule has 2 bridgehead atoms. The van der Waals surface area contributed by atoms with E-state index in [4.69, 9.17) is 9.47 Å². The van der Waals surface area contributed by atoms with Crippen LogP contribution >= 0.6 is 0 Å². The number of aliphatic hydroxyl groups is 1. The number of fused-ring (bicyclic) bond motifs is 2. The third-order valence-electron chi connectivity index (χ3n) is 2.64. The smallest absolute Gasteiger partial charge is 0.187 e. The molecule has 0 amide bonds. The van der Waals surface area contributed by atoms with Gasteiger partial charge in [0, 0.05) is 6.42 Å². The Kier molecular flexibility index (Phi) is 1.35. The Hall–Kier alpha value is -0.120. The minimum atomic E-state index is -0.741. The molecule has 0 spiro atoms. The average molecular weight is 158 g/mol. The van der Waals surface area contributed by atoms with Crippen molar-refractivity contribution in [1.82, 2.24) is 0 Å². The van der Waals surface area contributed by atoms with E-state index in [-0.39, 0.29) is 0 Å². The van der Waals surface area contributed by atoms with Gasteiger partial charge in [0.15, 0.2) is 12.1 Å². The lowest BCUT2D eigenvalue weighted by atomic mass is 9.94. The predicted octanol–water partition coefficient (Wildman–Crippen LogP) is 1.01. The van der Waals surface area contributed by atoms with E-state index in [9.17, 15) is 5.11 Å². The van der Waals surface area contributed by atoms with Crippen LogP contribution in [0.2, 0.25) is 0 Å². The second-order valence-electron chi connectivity index (χ2n) is 3.87. The minimum Gasteiger partial charge on any atom is -0.366 e. The van der Waals surface area contributed by atoms with Gasteiger partial charge in [0.1, 0.15) is 5.60 Å². The standard InChI is InChI=1S/C8H14O3/c1-7-4-3-5-8(2,11-7)10-6(7)9/h6,9H,3-5H2,1-2H3. The maximum atomic E-state index is 9.48. The molecule has 1 N–H and O–H groups in total. The van der Waals surface area contributed by atoms with Crippen LogP contribution in [-0.2, 0) is 9.47 Å². The molecule has 2 rings (SSSR count). The van der Waals surface area contributed by atoms with Crippen LogP contribution in [0.5, 0.6) is 0 Å². The molecule has 2 aliphatic rings. The molecule has 11 heavy (non-hydrogen) atoms. The molecule has 2 heterocycles. The molecule has 0 aromatic rings. The van der Waals surface area contributed by atoms with E-state index in [0.717, 1.165) is 19.3 Å². The fourth-order valence-electron chi connectivity index (χ4n) is 1.97. The normalized spacial score (nSPS) is 56.5. The monoisotopic (exact) mass is 158 g/mol. The van der Waals surface area contributed by atoms with Gasteiger partial charge in [0.05, 0.1) is 0 Å². The van der Waals surface area contributed by atoms with Crippen molar-refractivity contribution < 1.29 is 14.6 Å². The first-order valence-electron chi connectivity index (χ1n) is 4.10. The third kappa shape index (κ3) is 0.991. The molecule has 2 saturated heterocycles. The predicted molar refractivity (Wildman–Crippen MR) is 38.8 cm³/mol. The van der Waals surface area contributed by atoms with Gasteiger partial charge < -0.3 is 14.6 Å². The molecule has 0 aromatic heterocycles. The summed E-state index contributed by atoms with van der Waals surface area (Å²) in [6.45, 7) is 3.79. The molecule has 3 atom stereocenters. The van der Waals surface area contributed by atoms with Crippen LogP contribution in [0.15, 0.2) is 0 Å². The van der Waals surface area contributed by atoms with Crippen LogP contribution in [0.25, 0.3) is 0 Å². The summed E-state index contributed by atoms with van der Waals surface area (Å²) in [5.41, 5.74) is -0.451. The summed E-state index contributed by atoms with van der Waals surface area (Å²) in [5, 5.41) is 9.48. The second-order valence-corrected chi connectivity index (χ2v) is 3.87. The van der Waals surface area contributed by atoms with Gasteiger partial charge in [-0.1, -0.05) is 0 Å². The summed E-state index contributed by atoms with van der Waals surface area (Å²) in [6, 6.07) is 0. The van der Waals surface area contributed by atoms with E-state index < -0.39 is 17.7 Å². The van der Waals surface area contributed by atoms with Gasteiger partial charge >= 0.3 is 0 Å². The first-order chi connectivity index (χ1) is 5.04. The Labute approximate surface area is 66.3 Å². The van der Waals surface area contributed by atoms with Crippen molar-refractivity contribution in [3.05, 3.63) is 0 Å². The van der Waals surface area contributed by atoms with Crippen molar-refractivity contribution in [2.75, 3.05) is 0 Å². The van der Waals surface area contributed by atoms with Crippen molar-refractivity contribution in [2.24, 2.45) is 0 Å². The molecular weight excluding hydrogens is 144 g/mol. The van der Waals surface area contributed by atoms with E-state index in [1.54, 1.807) is 0 Å². The maximum absolute atomic E-state index is 9.48. The van der Waals surface area contributed by atoms with E-state index in [0.29, 0.717) is 0 Å². The van der Waals surface area contributed by atoms with Crippen LogP contribution in [0.4, 0.5) is 0 Å². The lowest BCUT2D eigenvalue weighted by Gasteiger charge is -2.32. The molecule has 0 aliphatic carbocycles. The van der Waals surface area contributed by atoms with E-state index in [1.807, 2.05) is 13.8 Å². The SMILES string of the molecule is CC12CCCC(C)(O1)C(O)O2. The van der Waals surface area contributed by atoms with Gasteiger partial charge in [0.25, 0.3) is 0 Å². The van der Waals surface area contributed by atoms with Crippen LogP contribution < -0.4 is 0 Å². The van der Waals surface area contributed by atoms with Crippen molar-refractivity contribution in [1.29, 1.82) is 0 Å². The fourth-order valence-corrected chi connectivity index (χ4v) is 1.97. The van der Waals surface area contributed by atoms with Crippen LogP contribution in [0.3, 0.4) is 0 Å². The molecule has 0 aromatic carbocycles. The summed E-state index contributed by atoms with van der Waals surface area (Å²) >= 11 is 0. The zero-order valence-electron chi connectivity index (χ0n) is 6.96. The Morgan fingerprint density at radius 1 is 1.36 bits per heavy atom. The third-order valence-corrected chi connectivity index (χ3v) is 2.64. The molecule has 2 fully saturated rings. The number of rotatable bonds is 0. The van der Waals surface area contributed by atoms with Gasteiger partial charge in [-0.2, -0.15) is 0 Å². The molecular formula is C8H14O3. The number of aliphatic hydroxyl groups excluding tert-OH is 1. The Morgan fingerprint density at radius 3 is 2.64 bits per heavy atom. The highest BCUT2D eigenvalue weighted by Crippen LogP contribution is 2.45. The average Bonchev–Trinajstić information content (AvgIpc) is 1.99. The van der Waals surface area contributed by atoms with Gasteiger partial charge in [-0.05, 0) is 26.7 Å². The van der Waals surface area contributed by atoms with Gasteiger partial charge in [-0.25, -0.2) is 0 Å². The molecule has 2 aliphatic heterocycles. The Morgan fingerprint density at radius 2 is 2.09 bits per heavy atom. The van der Waals surface area contributed by atoms with E-state index in [1.165, 1.54) is 0 Å². The molecule has 3 heteroatoms. The topological polar surface area (TPSA) is 38.7 Å². The Balaban J connectivity index is 2.26. The van der Waals surface area contributed by atoms with Crippen LogP contribution in [-0.4, -0.2) is 22.8 Å². The minimum absolute atomic E-state index is 0.451. The highest BCUT2D eigenvalue weighted by molar-refractivity contribution is 4.92. The summed E-state index contributed by atoms with van der Waals surface area (Å²) in [7, 11) is 0. The number of hydrogen-bond acceptors (Lipinski definition) is 3. The molecule has 64 valence electrons. The van der Waals surface area contributed by atoms with Gasteiger partial charge in [-0.15, -0.1) is 0 Å². The second kappa shape index (κ2) is 1.97. The van der Waals surface area contributed by atoms with E-state index >= 15 is 0 Å². The summed E-state index contributed by atoms with van der Waals surface area (Å²) < 4.78 is 10.9. The zero-order chi connectivity index (χ0) is 8.11. The number of ether oxygens (including phenoxy) is 2. The van der Waals surface area contributed by atoms with Crippen molar-refractivity contribution in [2.45, 2.75) is 50.8 Å². The van der Waals surface area contributed by atoms with E-state index in [2.05, 4.69) is 0 Å². The lowest BCUT2D eigenvalue weighted by Crippen LogP contribution is -2.39. The summed E-state index contributed by atoms with van der Waals surface area (Å²) in [5.74, 6) is -0.521. The van der Waals surface area contributed by atoms with Crippen molar-refractivity contribution in [3.63, 3.8) is 0 Å². The molecule has 0 saturated carbocycles. The van der Waals surface area contributed by atoms with Gasteiger partial charge in [-0.3, -0.25) is 0 Å². The first-order valence-corrected chi connectivity index (χ1v) is 4.10. The van der Waals surface area contributed by atoms with Crippen LogP contribution in [0.1, 0.15) is 33.1 Å². The molecule has 3 unspecified atom stereocenters. The Bertz CT molecular complexity index is 182. The maximum Gasteiger partial charge on any atom is 0.187 e. The highest BCUT2D eigenvalue weighted by Gasteiger charge is 2.54. The van der Waals surface area contributed by atoms with Crippen molar-refractivity contribution in [3.8, 4) is 0 Å². The number of hydrogen-bond donors (Lipinski definition) is 1. The quantitative estimate of drug-likeness (QED) is 0.571. The highest BCUT2D eigenvalue weighted by atomic mass is 16.8. The lowest BCUT2D eigenvalue weighted by molar-refractivity contribution is -0.203. The molecule has 0 radical (unpaired) electrons. The van der Waals surface area contributed by atoms with Crippen molar-refractivity contribution >= 4 is 0 Å². The largest absolute Gasteiger partial charge is 0.366 e. The summed E-state index contributed by atoms with van der Waals surface area (Å²) in [6.07, 6.45) is 2.11. The zero-order valence-corrected chi connectivity index (χ0v) is 6.96. The summed E-state index contributed by atoms with van der Waals surface area (Å²) in [4.78, 5) is 0. The fraction of sp³-hybridized carbons (Fsp3) is 1.00. The first kappa shape index (κ1) is 7.53. The van der Waals surface area contributed by atoms with Gasteiger partial charge in [0.2, 0.25) is 0 Å².